The first kappa shape index (κ1) is 16.5. The van der Waals surface area contributed by atoms with Crippen molar-refractivity contribution in [2.45, 2.75) is 45.7 Å². The molecule has 0 unspecified atom stereocenters. The Labute approximate surface area is 144 Å². The minimum Gasteiger partial charge on any atom is -0.332 e. The van der Waals surface area contributed by atoms with Crippen molar-refractivity contribution >= 4 is 15.9 Å². The van der Waals surface area contributed by atoms with Gasteiger partial charge in [-0.3, -0.25) is 0 Å². The van der Waals surface area contributed by atoms with Gasteiger partial charge in [0.2, 0.25) is 0 Å². The molecule has 122 valence electrons. The van der Waals surface area contributed by atoms with Crippen molar-refractivity contribution in [1.82, 2.24) is 0 Å². The van der Waals surface area contributed by atoms with Gasteiger partial charge >= 0.3 is 0 Å². The average Bonchev–Trinajstić information content (AvgIpc) is 2.49. The van der Waals surface area contributed by atoms with Gasteiger partial charge in [-0.05, 0) is 12.5 Å². The average molecular weight is 367 g/mol. The summed E-state index contributed by atoms with van der Waals surface area (Å²) in [5.41, 5.74) is 1.46. The molecule has 3 heteroatoms. The highest BCUT2D eigenvalue weighted by Crippen LogP contribution is 2.15. The van der Waals surface area contributed by atoms with Gasteiger partial charge in [0.1, 0.15) is 6.54 Å². The van der Waals surface area contributed by atoms with Crippen LogP contribution in [0.25, 0.3) is 0 Å². The minimum absolute atomic E-state index is 0.921. The van der Waals surface area contributed by atoms with Crippen molar-refractivity contribution in [1.29, 1.82) is 0 Å². The summed E-state index contributed by atoms with van der Waals surface area (Å²) >= 11 is 3.69. The van der Waals surface area contributed by atoms with Crippen LogP contribution in [0.4, 0.5) is 0 Å². The largest absolute Gasteiger partial charge is 0.332 e. The van der Waals surface area contributed by atoms with E-state index in [2.05, 4.69) is 54.0 Å². The Morgan fingerprint density at radius 2 is 1.68 bits per heavy atom. The number of likely N-dealkylation sites (tertiary alicyclic amines) is 2. The fourth-order valence-electron chi connectivity index (χ4n) is 4.69. The van der Waals surface area contributed by atoms with Crippen molar-refractivity contribution < 1.29 is 9.80 Å². The molecule has 1 aromatic rings. The molecule has 2 N–H and O–H groups in total. The summed E-state index contributed by atoms with van der Waals surface area (Å²) in [6, 6.07) is 9.63. The first-order valence-corrected chi connectivity index (χ1v) is 9.82. The predicted octanol–water partition coefficient (Wildman–Crippen LogP) is 1.56. The van der Waals surface area contributed by atoms with Crippen LogP contribution >= 0.6 is 15.9 Å². The Bertz CT molecular complexity index is 472. The highest BCUT2D eigenvalue weighted by molar-refractivity contribution is 9.10. The Morgan fingerprint density at radius 3 is 2.32 bits per heavy atom. The van der Waals surface area contributed by atoms with Crippen molar-refractivity contribution in [3.8, 4) is 0 Å². The summed E-state index contributed by atoms with van der Waals surface area (Å²) in [5.74, 6) is 1.84. The molecule has 2 heterocycles. The molecule has 0 aromatic heterocycles. The van der Waals surface area contributed by atoms with Crippen molar-refractivity contribution in [3.05, 3.63) is 34.3 Å². The number of rotatable bonds is 3. The number of hydrogen-bond donors (Lipinski definition) is 2. The van der Waals surface area contributed by atoms with Crippen LogP contribution in [0.3, 0.4) is 0 Å². The molecule has 2 atom stereocenters. The second-order valence-electron chi connectivity index (χ2n) is 7.81. The number of halogens is 1. The summed E-state index contributed by atoms with van der Waals surface area (Å²) in [5, 5.41) is 0. The van der Waals surface area contributed by atoms with Gasteiger partial charge in [0.05, 0.1) is 32.2 Å². The van der Waals surface area contributed by atoms with E-state index in [9.17, 15) is 0 Å². The lowest BCUT2D eigenvalue weighted by Crippen LogP contribution is -3.21. The van der Waals surface area contributed by atoms with Gasteiger partial charge in [-0.2, -0.15) is 0 Å². The molecule has 0 bridgehead atoms. The SMILES string of the molecule is C[C@@H]1C[C@@H](C)C[NH+](C2CC[NH+](Cc3ccccc3Br)CC2)C1. The molecule has 3 rings (SSSR count). The molecule has 0 radical (unpaired) electrons. The van der Waals surface area contributed by atoms with E-state index >= 15 is 0 Å². The predicted molar refractivity (Wildman–Crippen MR) is 95.2 cm³/mol. The second kappa shape index (κ2) is 7.46. The van der Waals surface area contributed by atoms with Gasteiger partial charge in [-0.15, -0.1) is 0 Å². The van der Waals surface area contributed by atoms with E-state index in [-0.39, 0.29) is 0 Å². The Hall–Kier alpha value is -0.380. The Balaban J connectivity index is 1.51. The first-order valence-electron chi connectivity index (χ1n) is 9.03. The van der Waals surface area contributed by atoms with Gasteiger partial charge in [0.25, 0.3) is 0 Å². The van der Waals surface area contributed by atoms with Crippen LogP contribution in [0.1, 0.15) is 38.7 Å². The lowest BCUT2D eigenvalue weighted by molar-refractivity contribution is -0.969. The molecule has 2 aliphatic rings. The summed E-state index contributed by atoms with van der Waals surface area (Å²) < 4.78 is 1.27. The third kappa shape index (κ3) is 4.12. The van der Waals surface area contributed by atoms with Crippen LogP contribution < -0.4 is 9.80 Å². The number of quaternary nitrogens is 2. The van der Waals surface area contributed by atoms with E-state index in [4.69, 9.17) is 0 Å². The zero-order valence-corrected chi connectivity index (χ0v) is 15.7. The monoisotopic (exact) mass is 366 g/mol. The van der Waals surface area contributed by atoms with Crippen LogP contribution in [-0.2, 0) is 6.54 Å². The van der Waals surface area contributed by atoms with Gasteiger partial charge < -0.3 is 9.80 Å². The summed E-state index contributed by atoms with van der Waals surface area (Å²) in [6.45, 7) is 11.6. The van der Waals surface area contributed by atoms with E-state index in [0.29, 0.717) is 0 Å². The Morgan fingerprint density at radius 1 is 1.05 bits per heavy atom. The summed E-state index contributed by atoms with van der Waals surface area (Å²) in [4.78, 5) is 3.67. The van der Waals surface area contributed by atoms with Crippen LogP contribution in [0.15, 0.2) is 28.7 Å². The molecule has 22 heavy (non-hydrogen) atoms. The van der Waals surface area contributed by atoms with Crippen LogP contribution in [-0.4, -0.2) is 32.2 Å². The fourth-order valence-corrected chi connectivity index (χ4v) is 5.11. The maximum absolute atomic E-state index is 3.69. The van der Waals surface area contributed by atoms with E-state index in [1.54, 1.807) is 4.90 Å². The van der Waals surface area contributed by atoms with E-state index in [1.165, 1.54) is 62.0 Å². The summed E-state index contributed by atoms with van der Waals surface area (Å²) in [6.07, 6.45) is 4.26. The molecular formula is C19H31BrN2+2. The number of nitrogens with one attached hydrogen (secondary N) is 2. The van der Waals surface area contributed by atoms with Crippen molar-refractivity contribution in [3.63, 3.8) is 0 Å². The van der Waals surface area contributed by atoms with E-state index in [1.807, 2.05) is 4.90 Å². The highest BCUT2D eigenvalue weighted by atomic mass is 79.9. The van der Waals surface area contributed by atoms with Gasteiger partial charge in [-0.1, -0.05) is 48.0 Å². The zero-order valence-electron chi connectivity index (χ0n) is 14.1. The molecule has 0 spiro atoms. The standard InChI is InChI=1S/C19H29BrN2/c1-15-11-16(2)13-22(12-15)18-7-9-21(10-8-18)14-17-5-3-4-6-19(17)20/h3-6,15-16,18H,7-14H2,1-2H3/p+2/t15-,16-/m1/s1. The molecule has 2 nitrogen and oxygen atoms in total. The minimum atomic E-state index is 0.921. The number of hydrogen-bond acceptors (Lipinski definition) is 0. The van der Waals surface area contributed by atoms with Gasteiger partial charge in [-0.25, -0.2) is 0 Å². The lowest BCUT2D eigenvalue weighted by atomic mass is 9.89. The number of benzene rings is 1. The normalized spacial score (nSPS) is 36.2. The van der Waals surface area contributed by atoms with Crippen molar-refractivity contribution in [2.24, 2.45) is 11.8 Å². The zero-order chi connectivity index (χ0) is 15.5. The van der Waals surface area contributed by atoms with Gasteiger partial charge in [0, 0.05) is 34.7 Å². The second-order valence-corrected chi connectivity index (χ2v) is 8.66. The third-order valence-electron chi connectivity index (χ3n) is 5.69. The maximum Gasteiger partial charge on any atom is 0.104 e. The Kier molecular flexibility index (Phi) is 5.59. The van der Waals surface area contributed by atoms with Gasteiger partial charge in [0.15, 0.2) is 0 Å². The molecule has 0 amide bonds. The quantitative estimate of drug-likeness (QED) is 0.803. The molecular weight excluding hydrogens is 336 g/mol. The maximum atomic E-state index is 3.69. The van der Waals surface area contributed by atoms with Crippen LogP contribution in [0.2, 0.25) is 0 Å². The molecule has 2 saturated heterocycles. The first-order chi connectivity index (χ1) is 10.6. The van der Waals surface area contributed by atoms with Crippen molar-refractivity contribution in [2.75, 3.05) is 26.2 Å². The molecule has 0 aliphatic carbocycles. The highest BCUT2D eigenvalue weighted by Gasteiger charge is 2.34. The smallest absolute Gasteiger partial charge is 0.104 e. The fraction of sp³-hybridized carbons (Fsp3) is 0.684. The lowest BCUT2D eigenvalue weighted by Gasteiger charge is -2.39. The molecule has 2 fully saturated rings. The third-order valence-corrected chi connectivity index (χ3v) is 6.47. The van der Waals surface area contributed by atoms with E-state index in [0.717, 1.165) is 17.9 Å². The van der Waals surface area contributed by atoms with E-state index < -0.39 is 0 Å². The summed E-state index contributed by atoms with van der Waals surface area (Å²) in [7, 11) is 0. The number of piperidine rings is 2. The molecule has 2 aliphatic heterocycles. The molecule has 1 aromatic carbocycles. The van der Waals surface area contributed by atoms with Crippen LogP contribution in [0.5, 0.6) is 0 Å². The van der Waals surface area contributed by atoms with Crippen LogP contribution in [0, 0.1) is 11.8 Å². The molecule has 0 saturated carbocycles. The topological polar surface area (TPSA) is 8.88 Å².